The summed E-state index contributed by atoms with van der Waals surface area (Å²) in [6, 6.07) is 19.4. The van der Waals surface area contributed by atoms with Gasteiger partial charge in [0.25, 0.3) is 0 Å². The molecule has 0 aliphatic carbocycles. The van der Waals surface area contributed by atoms with Crippen molar-refractivity contribution >= 4 is 5.69 Å². The molecule has 0 N–H and O–H groups in total. The van der Waals surface area contributed by atoms with E-state index in [0.29, 0.717) is 11.6 Å². The molecule has 0 unspecified atom stereocenters. The molecule has 0 spiro atoms. The topological polar surface area (TPSA) is 65.9 Å². The molecule has 0 saturated carbocycles. The van der Waals surface area contributed by atoms with Gasteiger partial charge in [-0.05, 0) is 68.0 Å². The van der Waals surface area contributed by atoms with Crippen molar-refractivity contribution in [1.29, 1.82) is 5.26 Å². The maximum atomic E-state index is 9.11. The fraction of sp³-hybridized carbons (Fsp3) is 0.269. The molecule has 33 heavy (non-hydrogen) atoms. The Balaban J connectivity index is 1.40. The van der Waals surface area contributed by atoms with E-state index < -0.39 is 0 Å². The Morgan fingerprint density at radius 2 is 1.91 bits per heavy atom. The monoisotopic (exact) mass is 435 g/mol. The van der Waals surface area contributed by atoms with Crippen LogP contribution in [-0.4, -0.2) is 57.5 Å². The molecule has 2 aromatic heterocycles. The number of aromatic nitrogens is 4. The SMILES string of the molecule is CN(C)[C@H]1CCN(c2ccc3c(c2)Cn2cc(-c4ccc(C#N)cc4)cc2-c2nncn2-3)C1. The largest absolute Gasteiger partial charge is 0.370 e. The van der Waals surface area contributed by atoms with Gasteiger partial charge in [-0.3, -0.25) is 4.57 Å². The molecule has 0 bridgehead atoms. The molecule has 4 aromatic rings. The zero-order valence-corrected chi connectivity index (χ0v) is 18.8. The lowest BCUT2D eigenvalue weighted by Gasteiger charge is -2.23. The van der Waals surface area contributed by atoms with Crippen LogP contribution in [0.25, 0.3) is 28.3 Å². The quantitative estimate of drug-likeness (QED) is 0.432. The highest BCUT2D eigenvalue weighted by molar-refractivity contribution is 5.72. The van der Waals surface area contributed by atoms with Crippen molar-refractivity contribution in [3.63, 3.8) is 0 Å². The Bertz CT molecular complexity index is 1370. The summed E-state index contributed by atoms with van der Waals surface area (Å²) in [6.07, 6.45) is 5.17. The molecular weight excluding hydrogens is 410 g/mol. The first kappa shape index (κ1) is 19.8. The fourth-order valence-corrected chi connectivity index (χ4v) is 5.02. The third kappa shape index (κ3) is 3.31. The molecule has 2 aliphatic rings. The van der Waals surface area contributed by atoms with Gasteiger partial charge in [-0.25, -0.2) is 0 Å². The average Bonchev–Trinajstić information content (AvgIpc) is 3.58. The maximum Gasteiger partial charge on any atom is 0.185 e. The molecule has 0 amide bonds. The summed E-state index contributed by atoms with van der Waals surface area (Å²) < 4.78 is 4.35. The highest BCUT2D eigenvalue weighted by atomic mass is 15.3. The highest BCUT2D eigenvalue weighted by Gasteiger charge is 2.26. The van der Waals surface area contributed by atoms with E-state index >= 15 is 0 Å². The van der Waals surface area contributed by atoms with Crippen molar-refractivity contribution in [3.05, 3.63) is 72.2 Å². The number of hydrogen-bond donors (Lipinski definition) is 0. The van der Waals surface area contributed by atoms with Gasteiger partial charge in [0.2, 0.25) is 0 Å². The number of anilines is 1. The van der Waals surface area contributed by atoms with Crippen LogP contribution in [0.5, 0.6) is 0 Å². The Morgan fingerprint density at radius 1 is 1.06 bits per heavy atom. The Morgan fingerprint density at radius 3 is 2.67 bits per heavy atom. The Labute approximate surface area is 193 Å². The first-order valence-corrected chi connectivity index (χ1v) is 11.3. The van der Waals surface area contributed by atoms with E-state index in [1.54, 1.807) is 6.33 Å². The summed E-state index contributed by atoms with van der Waals surface area (Å²) in [5, 5.41) is 17.8. The lowest BCUT2D eigenvalue weighted by molar-refractivity contribution is 0.315. The van der Waals surface area contributed by atoms with E-state index in [9.17, 15) is 0 Å². The Hall–Kier alpha value is -3.89. The first-order chi connectivity index (χ1) is 16.1. The van der Waals surface area contributed by atoms with Crippen LogP contribution in [0.3, 0.4) is 0 Å². The van der Waals surface area contributed by atoms with E-state index in [0.717, 1.165) is 48.0 Å². The smallest absolute Gasteiger partial charge is 0.185 e. The standard InChI is InChI=1S/C26H25N7/c1-30(2)23-9-10-31(16-23)22-7-8-24-21(11-22)15-32-14-20(19-5-3-18(13-27)4-6-19)12-25(32)26-29-28-17-33(24)26/h3-8,11-12,14,17,23H,9-10,15-16H2,1-2H3/t23-/m0/s1. The van der Waals surface area contributed by atoms with Crippen LogP contribution in [0.4, 0.5) is 5.69 Å². The third-order valence-corrected chi connectivity index (χ3v) is 6.94. The molecule has 7 heteroatoms. The van der Waals surface area contributed by atoms with Crippen molar-refractivity contribution in [2.24, 2.45) is 0 Å². The third-order valence-electron chi connectivity index (χ3n) is 6.94. The van der Waals surface area contributed by atoms with Gasteiger partial charge in [-0.2, -0.15) is 5.26 Å². The Kier molecular flexibility index (Phi) is 4.56. The number of likely N-dealkylation sites (N-methyl/N-ethyl adjacent to an activating group) is 1. The molecule has 2 aromatic carbocycles. The number of hydrogen-bond acceptors (Lipinski definition) is 5. The number of nitriles is 1. The molecule has 0 radical (unpaired) electrons. The number of nitrogens with zero attached hydrogens (tertiary/aromatic N) is 7. The summed E-state index contributed by atoms with van der Waals surface area (Å²) in [5.41, 5.74) is 7.56. The summed E-state index contributed by atoms with van der Waals surface area (Å²) in [7, 11) is 4.33. The van der Waals surface area contributed by atoms with E-state index in [-0.39, 0.29) is 0 Å². The van der Waals surface area contributed by atoms with Crippen LogP contribution in [0.1, 0.15) is 17.5 Å². The van der Waals surface area contributed by atoms with Crippen molar-refractivity contribution in [1.82, 2.24) is 24.2 Å². The second kappa shape index (κ2) is 7.61. The van der Waals surface area contributed by atoms with E-state index in [4.69, 9.17) is 5.26 Å². The fourth-order valence-electron chi connectivity index (χ4n) is 5.02. The molecule has 1 saturated heterocycles. The van der Waals surface area contributed by atoms with E-state index in [1.165, 1.54) is 17.7 Å². The van der Waals surface area contributed by atoms with E-state index in [2.05, 4.69) is 79.8 Å². The van der Waals surface area contributed by atoms with Crippen molar-refractivity contribution in [2.75, 3.05) is 32.1 Å². The van der Waals surface area contributed by atoms with Gasteiger partial charge in [-0.15, -0.1) is 10.2 Å². The predicted octanol–water partition coefficient (Wildman–Crippen LogP) is 3.78. The predicted molar refractivity (Wildman–Crippen MR) is 128 cm³/mol. The summed E-state index contributed by atoms with van der Waals surface area (Å²) >= 11 is 0. The second-order valence-electron chi connectivity index (χ2n) is 9.12. The minimum Gasteiger partial charge on any atom is -0.370 e. The molecule has 7 nitrogen and oxygen atoms in total. The van der Waals surface area contributed by atoms with Crippen LogP contribution >= 0.6 is 0 Å². The molecular formula is C26H25N7. The van der Waals surface area contributed by atoms with Gasteiger partial charge in [0.05, 0.1) is 23.0 Å². The zero-order chi connectivity index (χ0) is 22.5. The number of fused-ring (bicyclic) bond motifs is 5. The molecule has 1 atom stereocenters. The molecule has 4 heterocycles. The van der Waals surface area contributed by atoms with Crippen molar-refractivity contribution in [2.45, 2.75) is 19.0 Å². The minimum atomic E-state index is 0.597. The number of rotatable bonds is 3. The molecule has 2 aliphatic heterocycles. The van der Waals surface area contributed by atoms with Gasteiger partial charge < -0.3 is 14.4 Å². The van der Waals surface area contributed by atoms with Gasteiger partial charge in [0.15, 0.2) is 5.82 Å². The molecule has 164 valence electrons. The maximum absolute atomic E-state index is 9.11. The van der Waals surface area contributed by atoms with Gasteiger partial charge in [0.1, 0.15) is 6.33 Å². The second-order valence-corrected chi connectivity index (χ2v) is 9.12. The first-order valence-electron chi connectivity index (χ1n) is 11.3. The average molecular weight is 436 g/mol. The summed E-state index contributed by atoms with van der Waals surface area (Å²) in [5.74, 6) is 0.843. The van der Waals surface area contributed by atoms with E-state index in [1.807, 2.05) is 24.3 Å². The van der Waals surface area contributed by atoms with Gasteiger partial charge in [-0.1, -0.05) is 12.1 Å². The molecule has 1 fully saturated rings. The normalized spacial score (nSPS) is 16.8. The van der Waals surface area contributed by atoms with Crippen LogP contribution in [0.15, 0.2) is 61.1 Å². The lowest BCUT2D eigenvalue weighted by atomic mass is 10.1. The summed E-state index contributed by atoms with van der Waals surface area (Å²) in [6.45, 7) is 2.90. The molecule has 6 rings (SSSR count). The van der Waals surface area contributed by atoms with Crippen LogP contribution in [0.2, 0.25) is 0 Å². The zero-order valence-electron chi connectivity index (χ0n) is 18.8. The van der Waals surface area contributed by atoms with Crippen molar-refractivity contribution in [3.8, 4) is 34.4 Å². The van der Waals surface area contributed by atoms with Gasteiger partial charge >= 0.3 is 0 Å². The van der Waals surface area contributed by atoms with Crippen LogP contribution < -0.4 is 4.90 Å². The summed E-state index contributed by atoms with van der Waals surface area (Å²) in [4.78, 5) is 4.81. The van der Waals surface area contributed by atoms with Crippen molar-refractivity contribution < 1.29 is 0 Å². The minimum absolute atomic E-state index is 0.597. The highest BCUT2D eigenvalue weighted by Crippen LogP contribution is 2.35. The van der Waals surface area contributed by atoms with Crippen LogP contribution in [0, 0.1) is 11.3 Å². The lowest BCUT2D eigenvalue weighted by Crippen LogP contribution is -2.31. The van der Waals surface area contributed by atoms with Gasteiger partial charge in [0, 0.05) is 43.1 Å². The number of benzene rings is 2. The van der Waals surface area contributed by atoms with Crippen LogP contribution in [-0.2, 0) is 6.54 Å².